The van der Waals surface area contributed by atoms with Crippen molar-refractivity contribution in [3.8, 4) is 11.1 Å². The Hall–Kier alpha value is -3.22. The van der Waals surface area contributed by atoms with Gasteiger partial charge in [0.2, 0.25) is 11.8 Å². The summed E-state index contributed by atoms with van der Waals surface area (Å²) in [7, 11) is 1.29. The van der Waals surface area contributed by atoms with Crippen molar-refractivity contribution in [3.63, 3.8) is 0 Å². The molecule has 2 aromatic rings. The summed E-state index contributed by atoms with van der Waals surface area (Å²) >= 11 is 0. The summed E-state index contributed by atoms with van der Waals surface area (Å²) in [6.45, 7) is 0.930. The van der Waals surface area contributed by atoms with Gasteiger partial charge in [0, 0.05) is 25.2 Å². The Balaban J connectivity index is 1.56. The molecule has 30 heavy (non-hydrogen) atoms. The molecule has 6 nitrogen and oxygen atoms in total. The molecule has 1 fully saturated rings. The van der Waals surface area contributed by atoms with Gasteiger partial charge in [0.05, 0.1) is 19.4 Å². The second-order valence-corrected chi connectivity index (χ2v) is 7.33. The van der Waals surface area contributed by atoms with Gasteiger partial charge in [0.1, 0.15) is 5.82 Å². The minimum absolute atomic E-state index is 0.0420. The van der Waals surface area contributed by atoms with Gasteiger partial charge in [0.15, 0.2) is 0 Å². The highest BCUT2D eigenvalue weighted by atomic mass is 19.1. The van der Waals surface area contributed by atoms with E-state index < -0.39 is 5.97 Å². The fraction of sp³-hybridized carbons (Fsp3) is 0.348. The number of likely N-dealkylation sites (tertiary alicyclic amines) is 1. The van der Waals surface area contributed by atoms with E-state index in [1.54, 1.807) is 23.1 Å². The van der Waals surface area contributed by atoms with Crippen LogP contribution in [0.5, 0.6) is 0 Å². The van der Waals surface area contributed by atoms with E-state index in [0.717, 1.165) is 17.5 Å². The number of amides is 2. The van der Waals surface area contributed by atoms with E-state index in [0.29, 0.717) is 25.2 Å². The topological polar surface area (TPSA) is 75.7 Å². The molecule has 158 valence electrons. The lowest BCUT2D eigenvalue weighted by atomic mass is 9.96. The molecule has 1 saturated heterocycles. The Morgan fingerprint density at radius 1 is 1.10 bits per heavy atom. The number of hydrogen-bond acceptors (Lipinski definition) is 4. The molecule has 1 heterocycles. The summed E-state index contributed by atoms with van der Waals surface area (Å²) in [4.78, 5) is 37.8. The van der Waals surface area contributed by atoms with Gasteiger partial charge in [-0.15, -0.1) is 0 Å². The van der Waals surface area contributed by atoms with Gasteiger partial charge >= 0.3 is 5.97 Å². The zero-order valence-corrected chi connectivity index (χ0v) is 16.9. The van der Waals surface area contributed by atoms with Crippen molar-refractivity contribution in [1.82, 2.24) is 4.90 Å². The summed E-state index contributed by atoms with van der Waals surface area (Å²) in [5, 5.41) is 2.90. The van der Waals surface area contributed by atoms with Crippen LogP contribution in [0.1, 0.15) is 25.7 Å². The van der Waals surface area contributed by atoms with Crippen molar-refractivity contribution in [2.45, 2.75) is 25.7 Å². The first-order valence-corrected chi connectivity index (χ1v) is 9.97. The van der Waals surface area contributed by atoms with E-state index in [-0.39, 0.29) is 36.4 Å². The van der Waals surface area contributed by atoms with Crippen LogP contribution in [0.2, 0.25) is 0 Å². The number of nitrogens with zero attached hydrogens (tertiary/aromatic N) is 1. The molecule has 0 aromatic heterocycles. The highest BCUT2D eigenvalue weighted by Gasteiger charge is 2.28. The van der Waals surface area contributed by atoms with Crippen LogP contribution in [0.25, 0.3) is 11.1 Å². The van der Waals surface area contributed by atoms with Gasteiger partial charge in [-0.2, -0.15) is 0 Å². The quantitative estimate of drug-likeness (QED) is 0.736. The van der Waals surface area contributed by atoms with Crippen LogP contribution in [0.3, 0.4) is 0 Å². The van der Waals surface area contributed by atoms with Crippen molar-refractivity contribution in [2.75, 3.05) is 25.5 Å². The first kappa shape index (κ1) is 21.5. The number of carbonyl (C=O) groups is 3. The van der Waals surface area contributed by atoms with Crippen LogP contribution in [0, 0.1) is 11.7 Å². The van der Waals surface area contributed by atoms with Crippen LogP contribution in [-0.2, 0) is 19.1 Å². The molecule has 2 aromatic carbocycles. The average Bonchev–Trinajstić information content (AvgIpc) is 2.77. The van der Waals surface area contributed by atoms with E-state index >= 15 is 0 Å². The highest BCUT2D eigenvalue weighted by Crippen LogP contribution is 2.24. The third-order valence-corrected chi connectivity index (χ3v) is 5.23. The molecule has 1 unspecified atom stereocenters. The lowest BCUT2D eigenvalue weighted by molar-refractivity contribution is -0.144. The van der Waals surface area contributed by atoms with E-state index in [4.69, 9.17) is 0 Å². The van der Waals surface area contributed by atoms with E-state index in [1.165, 1.54) is 19.2 Å². The summed E-state index contributed by atoms with van der Waals surface area (Å²) < 4.78 is 18.0. The number of rotatable bonds is 6. The zero-order chi connectivity index (χ0) is 21.5. The average molecular weight is 412 g/mol. The number of benzene rings is 2. The molecule has 1 N–H and O–H groups in total. The minimum Gasteiger partial charge on any atom is -0.469 e. The predicted octanol–water partition coefficient (Wildman–Crippen LogP) is 3.62. The Kier molecular flexibility index (Phi) is 7.17. The maximum Gasteiger partial charge on any atom is 0.306 e. The lowest BCUT2D eigenvalue weighted by Crippen LogP contribution is -2.43. The van der Waals surface area contributed by atoms with Gasteiger partial charge in [-0.3, -0.25) is 14.4 Å². The number of esters is 1. The first-order chi connectivity index (χ1) is 14.5. The van der Waals surface area contributed by atoms with Gasteiger partial charge in [-0.05, 0) is 48.2 Å². The Bertz CT molecular complexity index is 914. The standard InChI is InChI=1S/C23H25FN2O4/c1-30-22(28)12-11-21(27)26-13-3-5-18(15-26)23(29)25-20-9-7-16(8-10-20)17-4-2-6-19(24)14-17/h2,4,6-10,14,18H,3,5,11-13,15H2,1H3,(H,25,29). The molecular formula is C23H25FN2O4. The predicted molar refractivity (Wildman–Crippen MR) is 111 cm³/mol. The molecule has 0 radical (unpaired) electrons. The van der Waals surface area contributed by atoms with Crippen molar-refractivity contribution < 1.29 is 23.5 Å². The summed E-state index contributed by atoms with van der Waals surface area (Å²) in [5.74, 6) is -1.30. The molecule has 7 heteroatoms. The maximum absolute atomic E-state index is 13.4. The Morgan fingerprint density at radius 3 is 2.57 bits per heavy atom. The van der Waals surface area contributed by atoms with E-state index in [2.05, 4.69) is 10.1 Å². The van der Waals surface area contributed by atoms with Crippen LogP contribution >= 0.6 is 0 Å². The fourth-order valence-electron chi connectivity index (χ4n) is 3.55. The van der Waals surface area contributed by atoms with Crippen LogP contribution < -0.4 is 5.32 Å². The fourth-order valence-corrected chi connectivity index (χ4v) is 3.55. The Morgan fingerprint density at radius 2 is 1.87 bits per heavy atom. The number of piperidine rings is 1. The van der Waals surface area contributed by atoms with Crippen molar-refractivity contribution in [1.29, 1.82) is 0 Å². The molecule has 1 aliphatic rings. The third-order valence-electron chi connectivity index (χ3n) is 5.23. The second-order valence-electron chi connectivity index (χ2n) is 7.33. The molecule has 0 spiro atoms. The molecule has 0 bridgehead atoms. The monoisotopic (exact) mass is 412 g/mol. The smallest absolute Gasteiger partial charge is 0.306 e. The third kappa shape index (κ3) is 5.65. The lowest BCUT2D eigenvalue weighted by Gasteiger charge is -2.32. The van der Waals surface area contributed by atoms with Gasteiger partial charge in [-0.25, -0.2) is 4.39 Å². The number of methoxy groups -OCH3 is 1. The summed E-state index contributed by atoms with van der Waals surface area (Å²) in [6, 6.07) is 13.5. The van der Waals surface area contributed by atoms with Gasteiger partial charge < -0.3 is 15.0 Å². The Labute approximate surface area is 175 Å². The SMILES string of the molecule is COC(=O)CCC(=O)N1CCCC(C(=O)Nc2ccc(-c3cccc(F)c3)cc2)C1. The largest absolute Gasteiger partial charge is 0.469 e. The van der Waals surface area contributed by atoms with Crippen LogP contribution in [-0.4, -0.2) is 42.9 Å². The van der Waals surface area contributed by atoms with Gasteiger partial charge in [-0.1, -0.05) is 24.3 Å². The number of nitrogens with one attached hydrogen (secondary N) is 1. The molecule has 1 aliphatic heterocycles. The second kappa shape index (κ2) is 10.0. The highest BCUT2D eigenvalue weighted by molar-refractivity contribution is 5.93. The first-order valence-electron chi connectivity index (χ1n) is 9.97. The molecule has 0 saturated carbocycles. The normalized spacial score (nSPS) is 16.1. The summed E-state index contributed by atoms with van der Waals surface area (Å²) in [6.07, 6.45) is 1.57. The number of carbonyl (C=O) groups excluding carboxylic acids is 3. The van der Waals surface area contributed by atoms with E-state index in [9.17, 15) is 18.8 Å². The van der Waals surface area contributed by atoms with Crippen molar-refractivity contribution in [2.24, 2.45) is 5.92 Å². The number of anilines is 1. The van der Waals surface area contributed by atoms with Crippen molar-refractivity contribution in [3.05, 3.63) is 54.3 Å². The minimum atomic E-state index is -0.420. The molecule has 3 rings (SSSR count). The van der Waals surface area contributed by atoms with Gasteiger partial charge in [0.25, 0.3) is 0 Å². The van der Waals surface area contributed by atoms with Crippen molar-refractivity contribution >= 4 is 23.5 Å². The molecule has 2 amide bonds. The number of ether oxygens (including phenoxy) is 1. The van der Waals surface area contributed by atoms with E-state index in [1.807, 2.05) is 18.2 Å². The molecule has 0 aliphatic carbocycles. The number of hydrogen-bond donors (Lipinski definition) is 1. The van der Waals surface area contributed by atoms with Crippen LogP contribution in [0.15, 0.2) is 48.5 Å². The van der Waals surface area contributed by atoms with Crippen LogP contribution in [0.4, 0.5) is 10.1 Å². The maximum atomic E-state index is 13.4. The zero-order valence-electron chi connectivity index (χ0n) is 16.9. The number of halogens is 1. The molecule has 1 atom stereocenters. The summed E-state index contributed by atoms with van der Waals surface area (Å²) in [5.41, 5.74) is 2.27. The molecular weight excluding hydrogens is 387 g/mol.